The molecule has 6 nitrogen and oxygen atoms in total. The van der Waals surface area contributed by atoms with Crippen LogP contribution in [0.3, 0.4) is 0 Å². The second kappa shape index (κ2) is 7.38. The summed E-state index contributed by atoms with van der Waals surface area (Å²) in [7, 11) is -3.96. The topological polar surface area (TPSA) is 66.9 Å². The lowest BCUT2D eigenvalue weighted by atomic mass is 10.3. The molecule has 138 valence electrons. The zero-order valence-electron chi connectivity index (χ0n) is 13.6. The quantitative estimate of drug-likeness (QED) is 0.818. The molecule has 1 aliphatic heterocycles. The smallest absolute Gasteiger partial charge is 0.410 e. The number of hydrogen-bond acceptors (Lipinski definition) is 4. The lowest BCUT2D eigenvalue weighted by Gasteiger charge is -2.33. The third kappa shape index (κ3) is 3.83. The van der Waals surface area contributed by atoms with Crippen LogP contribution in [0.15, 0.2) is 53.4 Å². The molecule has 26 heavy (non-hydrogen) atoms. The molecule has 0 bridgehead atoms. The molecule has 1 heterocycles. The first-order chi connectivity index (χ1) is 12.4. The molecule has 9 heteroatoms. The monoisotopic (exact) mass is 382 g/mol. The van der Waals surface area contributed by atoms with Crippen molar-refractivity contribution in [3.8, 4) is 5.75 Å². The Balaban J connectivity index is 1.64. The molecule has 1 saturated heterocycles. The lowest BCUT2D eigenvalue weighted by molar-refractivity contribution is 0.132. The van der Waals surface area contributed by atoms with E-state index in [9.17, 15) is 22.0 Å². The number of hydrogen-bond donors (Lipinski definition) is 0. The van der Waals surface area contributed by atoms with Crippen LogP contribution in [0.2, 0.25) is 0 Å². The first-order valence-corrected chi connectivity index (χ1v) is 9.29. The summed E-state index contributed by atoms with van der Waals surface area (Å²) in [6, 6.07) is 11.0. The van der Waals surface area contributed by atoms with Crippen molar-refractivity contribution in [2.24, 2.45) is 0 Å². The van der Waals surface area contributed by atoms with E-state index in [1.807, 2.05) is 0 Å². The van der Waals surface area contributed by atoms with Gasteiger partial charge in [0.1, 0.15) is 5.75 Å². The molecule has 0 unspecified atom stereocenters. The molecule has 0 radical (unpaired) electrons. The van der Waals surface area contributed by atoms with Crippen LogP contribution in [0.1, 0.15) is 0 Å². The highest BCUT2D eigenvalue weighted by Crippen LogP contribution is 2.20. The summed E-state index contributed by atoms with van der Waals surface area (Å²) < 4.78 is 57.7. The van der Waals surface area contributed by atoms with Crippen molar-refractivity contribution in [3.63, 3.8) is 0 Å². The molecule has 3 rings (SSSR count). The van der Waals surface area contributed by atoms with Gasteiger partial charge in [-0.2, -0.15) is 4.31 Å². The number of benzene rings is 2. The van der Waals surface area contributed by atoms with Gasteiger partial charge in [0.15, 0.2) is 11.6 Å². The lowest BCUT2D eigenvalue weighted by Crippen LogP contribution is -2.51. The Kier molecular flexibility index (Phi) is 5.19. The standard InChI is InChI=1S/C17H16F2N2O4S/c18-15-7-6-14(12-16(15)19)26(23,24)21-10-8-20(9-11-21)17(22)25-13-4-2-1-3-5-13/h1-7,12H,8-11H2. The van der Waals surface area contributed by atoms with Crippen LogP contribution >= 0.6 is 0 Å². The molecule has 0 atom stereocenters. The van der Waals surface area contributed by atoms with E-state index in [1.165, 1.54) is 4.90 Å². The molecule has 1 amide bonds. The van der Waals surface area contributed by atoms with E-state index in [4.69, 9.17) is 4.74 Å². The largest absolute Gasteiger partial charge is 0.415 e. The van der Waals surface area contributed by atoms with E-state index in [-0.39, 0.29) is 31.1 Å². The van der Waals surface area contributed by atoms with Crippen molar-refractivity contribution in [2.75, 3.05) is 26.2 Å². The van der Waals surface area contributed by atoms with E-state index < -0.39 is 27.8 Å². The fourth-order valence-corrected chi connectivity index (χ4v) is 3.99. The number of ether oxygens (including phenoxy) is 1. The normalized spacial score (nSPS) is 15.7. The highest BCUT2D eigenvalue weighted by atomic mass is 32.2. The van der Waals surface area contributed by atoms with Gasteiger partial charge < -0.3 is 9.64 Å². The highest BCUT2D eigenvalue weighted by Gasteiger charge is 2.31. The van der Waals surface area contributed by atoms with Crippen LogP contribution in [0, 0.1) is 11.6 Å². The summed E-state index contributed by atoms with van der Waals surface area (Å²) in [6.07, 6.45) is -0.568. The number of rotatable bonds is 3. The number of para-hydroxylation sites is 1. The van der Waals surface area contributed by atoms with Crippen molar-refractivity contribution in [3.05, 3.63) is 60.2 Å². The summed E-state index contributed by atoms with van der Waals surface area (Å²) in [5.41, 5.74) is 0. The SMILES string of the molecule is O=C(Oc1ccccc1)N1CCN(S(=O)(=O)c2ccc(F)c(F)c2)CC1. The Morgan fingerprint density at radius 1 is 0.923 bits per heavy atom. The second-order valence-electron chi connectivity index (χ2n) is 5.65. The molecule has 1 aliphatic rings. The van der Waals surface area contributed by atoms with Crippen molar-refractivity contribution in [2.45, 2.75) is 4.90 Å². The summed E-state index contributed by atoms with van der Waals surface area (Å²) in [5.74, 6) is -1.94. The molecule has 0 N–H and O–H groups in total. The molecular weight excluding hydrogens is 366 g/mol. The van der Waals surface area contributed by atoms with E-state index >= 15 is 0 Å². The Morgan fingerprint density at radius 2 is 1.58 bits per heavy atom. The number of carbonyl (C=O) groups excluding carboxylic acids is 1. The predicted molar refractivity (Wildman–Crippen MR) is 89.2 cm³/mol. The Bertz CT molecular complexity index is 898. The van der Waals surface area contributed by atoms with Gasteiger partial charge in [0, 0.05) is 26.2 Å². The number of carbonyl (C=O) groups is 1. The van der Waals surface area contributed by atoms with Gasteiger partial charge in [-0.3, -0.25) is 0 Å². The van der Waals surface area contributed by atoms with Crippen LogP contribution in [0.5, 0.6) is 5.75 Å². The minimum absolute atomic E-state index is 0.0330. The maximum absolute atomic E-state index is 13.3. The Labute approximate surface area is 149 Å². The number of halogens is 2. The van der Waals surface area contributed by atoms with Crippen molar-refractivity contribution < 1.29 is 26.7 Å². The second-order valence-corrected chi connectivity index (χ2v) is 7.59. The zero-order chi connectivity index (χ0) is 18.7. The first-order valence-electron chi connectivity index (χ1n) is 7.85. The molecular formula is C17H16F2N2O4S. The summed E-state index contributed by atoms with van der Waals surface area (Å²) in [6.45, 7) is 0.333. The number of amides is 1. The molecule has 2 aromatic rings. The number of piperazine rings is 1. The number of nitrogens with zero attached hydrogens (tertiary/aromatic N) is 2. The minimum Gasteiger partial charge on any atom is -0.410 e. The van der Waals surface area contributed by atoms with Gasteiger partial charge in [0.2, 0.25) is 10.0 Å². The fourth-order valence-electron chi connectivity index (χ4n) is 2.55. The maximum atomic E-state index is 13.3. The predicted octanol–water partition coefficient (Wildman–Crippen LogP) is 2.47. The van der Waals surface area contributed by atoms with Crippen molar-refractivity contribution >= 4 is 16.1 Å². The Morgan fingerprint density at radius 3 is 2.19 bits per heavy atom. The van der Waals surface area contributed by atoms with Gasteiger partial charge in [-0.05, 0) is 30.3 Å². The van der Waals surface area contributed by atoms with Crippen LogP contribution < -0.4 is 4.74 Å². The highest BCUT2D eigenvalue weighted by molar-refractivity contribution is 7.89. The molecule has 1 fully saturated rings. The van der Waals surface area contributed by atoms with Crippen LogP contribution in [-0.4, -0.2) is 49.9 Å². The van der Waals surface area contributed by atoms with Gasteiger partial charge in [0.25, 0.3) is 0 Å². The fraction of sp³-hybridized carbons (Fsp3) is 0.235. The van der Waals surface area contributed by atoms with E-state index in [0.29, 0.717) is 11.8 Å². The van der Waals surface area contributed by atoms with E-state index in [0.717, 1.165) is 16.4 Å². The molecule has 0 aliphatic carbocycles. The average molecular weight is 382 g/mol. The van der Waals surface area contributed by atoms with Gasteiger partial charge in [-0.25, -0.2) is 22.0 Å². The molecule has 0 aromatic heterocycles. The maximum Gasteiger partial charge on any atom is 0.415 e. The van der Waals surface area contributed by atoms with Crippen molar-refractivity contribution in [1.82, 2.24) is 9.21 Å². The number of sulfonamides is 1. The minimum atomic E-state index is -3.96. The third-order valence-electron chi connectivity index (χ3n) is 3.97. The molecule has 2 aromatic carbocycles. The Hall–Kier alpha value is -2.52. The van der Waals surface area contributed by atoms with Crippen LogP contribution in [0.4, 0.5) is 13.6 Å². The molecule has 0 saturated carbocycles. The zero-order valence-corrected chi connectivity index (χ0v) is 14.5. The van der Waals surface area contributed by atoms with Gasteiger partial charge in [-0.15, -0.1) is 0 Å². The van der Waals surface area contributed by atoms with E-state index in [2.05, 4.69) is 0 Å². The third-order valence-corrected chi connectivity index (χ3v) is 5.87. The van der Waals surface area contributed by atoms with Crippen LogP contribution in [0.25, 0.3) is 0 Å². The van der Waals surface area contributed by atoms with E-state index in [1.54, 1.807) is 30.3 Å². The van der Waals surface area contributed by atoms with Gasteiger partial charge >= 0.3 is 6.09 Å². The summed E-state index contributed by atoms with van der Waals surface area (Å²) in [4.78, 5) is 13.2. The van der Waals surface area contributed by atoms with Gasteiger partial charge in [0.05, 0.1) is 4.90 Å². The van der Waals surface area contributed by atoms with Crippen LogP contribution in [-0.2, 0) is 10.0 Å². The average Bonchev–Trinajstić information content (AvgIpc) is 2.65. The van der Waals surface area contributed by atoms with Gasteiger partial charge in [-0.1, -0.05) is 18.2 Å². The summed E-state index contributed by atoms with van der Waals surface area (Å²) in [5, 5.41) is 0. The molecule has 0 spiro atoms. The summed E-state index contributed by atoms with van der Waals surface area (Å²) >= 11 is 0. The van der Waals surface area contributed by atoms with Crippen molar-refractivity contribution in [1.29, 1.82) is 0 Å². The first kappa shape index (κ1) is 18.3.